The van der Waals surface area contributed by atoms with E-state index in [1.165, 1.54) is 14.2 Å². The predicted octanol–water partition coefficient (Wildman–Crippen LogP) is 2.42. The number of carbonyl (C=O) groups is 2. The molecule has 0 saturated heterocycles. The molecule has 30 heavy (non-hydrogen) atoms. The molecule has 3 aromatic rings. The fourth-order valence-electron chi connectivity index (χ4n) is 2.61. The molecule has 0 saturated carbocycles. The van der Waals surface area contributed by atoms with E-state index in [9.17, 15) is 9.59 Å². The second-order valence-electron chi connectivity index (χ2n) is 6.03. The van der Waals surface area contributed by atoms with Gasteiger partial charge >= 0.3 is 0 Å². The second kappa shape index (κ2) is 9.14. The van der Waals surface area contributed by atoms with Gasteiger partial charge in [-0.3, -0.25) is 9.59 Å². The van der Waals surface area contributed by atoms with E-state index in [0.717, 1.165) is 4.68 Å². The van der Waals surface area contributed by atoms with Crippen LogP contribution in [-0.4, -0.2) is 41.0 Å². The largest absolute Gasteiger partial charge is 0.495 e. The van der Waals surface area contributed by atoms with Gasteiger partial charge in [0.25, 0.3) is 5.91 Å². The molecular formula is C19H19ClN6O4. The van der Waals surface area contributed by atoms with E-state index in [2.05, 4.69) is 20.9 Å². The molecule has 2 aromatic carbocycles. The minimum absolute atomic E-state index is 0.0506. The second-order valence-corrected chi connectivity index (χ2v) is 6.44. The molecule has 0 bridgehead atoms. The Hall–Kier alpha value is -3.79. The number of amides is 2. The summed E-state index contributed by atoms with van der Waals surface area (Å²) in [4.78, 5) is 24.8. The van der Waals surface area contributed by atoms with Gasteiger partial charge in [0, 0.05) is 5.69 Å². The molecule has 0 fully saturated rings. The van der Waals surface area contributed by atoms with Crippen LogP contribution in [0, 0.1) is 0 Å². The number of hydrogen-bond acceptors (Lipinski definition) is 7. The van der Waals surface area contributed by atoms with Crippen molar-refractivity contribution in [2.45, 2.75) is 6.54 Å². The number of rotatable bonds is 7. The number of nitrogens with one attached hydrogen (secondary N) is 2. The van der Waals surface area contributed by atoms with Gasteiger partial charge in [0.15, 0.2) is 11.5 Å². The van der Waals surface area contributed by atoms with Crippen molar-refractivity contribution in [2.24, 2.45) is 0 Å². The van der Waals surface area contributed by atoms with Crippen LogP contribution in [0.15, 0.2) is 42.5 Å². The zero-order chi connectivity index (χ0) is 21.7. The summed E-state index contributed by atoms with van der Waals surface area (Å²) in [6, 6.07) is 11.7. The van der Waals surface area contributed by atoms with Crippen LogP contribution in [0.4, 0.5) is 17.2 Å². The molecule has 3 rings (SSSR count). The minimum atomic E-state index is -0.578. The molecule has 0 aliphatic heterocycles. The van der Waals surface area contributed by atoms with Crippen molar-refractivity contribution < 1.29 is 19.1 Å². The SMILES string of the molecule is COc1ccc(NC(=O)Cn2nnc(C(=O)Nc3ccccc3OC)c2N)cc1Cl. The van der Waals surface area contributed by atoms with Crippen molar-refractivity contribution in [2.75, 3.05) is 30.6 Å². The monoisotopic (exact) mass is 430 g/mol. The standard InChI is InChI=1S/C19H19ClN6O4/c1-29-14-8-7-11(9-12(14)20)22-16(27)10-26-18(21)17(24-25-26)19(28)23-13-5-3-4-6-15(13)30-2/h3-9H,10,21H2,1-2H3,(H,22,27)(H,23,28). The predicted molar refractivity (Wildman–Crippen MR) is 112 cm³/mol. The lowest BCUT2D eigenvalue weighted by Crippen LogP contribution is -2.21. The number of methoxy groups -OCH3 is 2. The first-order chi connectivity index (χ1) is 14.4. The number of benzene rings is 2. The van der Waals surface area contributed by atoms with Gasteiger partial charge in [0.05, 0.1) is 24.9 Å². The average molecular weight is 431 g/mol. The molecule has 0 unspecified atom stereocenters. The molecular weight excluding hydrogens is 412 g/mol. The quantitative estimate of drug-likeness (QED) is 0.524. The molecule has 0 radical (unpaired) electrons. The van der Waals surface area contributed by atoms with Gasteiger partial charge in [0.1, 0.15) is 18.0 Å². The van der Waals surface area contributed by atoms with Crippen LogP contribution < -0.4 is 25.8 Å². The van der Waals surface area contributed by atoms with Crippen LogP contribution in [-0.2, 0) is 11.3 Å². The van der Waals surface area contributed by atoms with Crippen molar-refractivity contribution in [3.63, 3.8) is 0 Å². The Labute approximate surface area is 176 Å². The molecule has 0 spiro atoms. The zero-order valence-electron chi connectivity index (χ0n) is 16.2. The third-order valence-electron chi connectivity index (χ3n) is 4.07. The highest BCUT2D eigenvalue weighted by atomic mass is 35.5. The van der Waals surface area contributed by atoms with Gasteiger partial charge in [-0.2, -0.15) is 0 Å². The summed E-state index contributed by atoms with van der Waals surface area (Å²) in [6.45, 7) is -0.246. The van der Waals surface area contributed by atoms with Crippen molar-refractivity contribution in [1.29, 1.82) is 0 Å². The highest BCUT2D eigenvalue weighted by molar-refractivity contribution is 6.32. The van der Waals surface area contributed by atoms with Crippen LogP contribution >= 0.6 is 11.6 Å². The van der Waals surface area contributed by atoms with Gasteiger partial charge in [0.2, 0.25) is 5.91 Å². The highest BCUT2D eigenvalue weighted by Crippen LogP contribution is 2.27. The van der Waals surface area contributed by atoms with E-state index >= 15 is 0 Å². The van der Waals surface area contributed by atoms with Crippen LogP contribution in [0.25, 0.3) is 0 Å². The van der Waals surface area contributed by atoms with Gasteiger partial charge < -0.3 is 25.8 Å². The Morgan fingerprint density at radius 3 is 2.53 bits per heavy atom. The van der Waals surface area contributed by atoms with E-state index in [1.54, 1.807) is 42.5 Å². The summed E-state index contributed by atoms with van der Waals surface area (Å²) >= 11 is 6.05. The molecule has 0 aliphatic carbocycles. The Bertz CT molecular complexity index is 1080. The maximum absolute atomic E-state index is 12.5. The average Bonchev–Trinajstić information content (AvgIpc) is 3.08. The lowest BCUT2D eigenvalue weighted by Gasteiger charge is -2.09. The number of para-hydroxylation sites is 2. The Morgan fingerprint density at radius 1 is 1.10 bits per heavy atom. The Balaban J connectivity index is 1.68. The number of aromatic nitrogens is 3. The maximum atomic E-state index is 12.5. The smallest absolute Gasteiger partial charge is 0.280 e. The first kappa shape index (κ1) is 20.9. The number of anilines is 3. The number of halogens is 1. The highest BCUT2D eigenvalue weighted by Gasteiger charge is 2.20. The van der Waals surface area contributed by atoms with E-state index in [-0.39, 0.29) is 18.1 Å². The molecule has 1 heterocycles. The minimum Gasteiger partial charge on any atom is -0.495 e. The maximum Gasteiger partial charge on any atom is 0.280 e. The third kappa shape index (κ3) is 4.61. The summed E-state index contributed by atoms with van der Waals surface area (Å²) in [6.07, 6.45) is 0. The van der Waals surface area contributed by atoms with Crippen LogP contribution in [0.5, 0.6) is 11.5 Å². The number of carbonyl (C=O) groups excluding carboxylic acids is 2. The first-order valence-electron chi connectivity index (χ1n) is 8.69. The number of nitrogen functional groups attached to an aromatic ring is 1. The summed E-state index contributed by atoms with van der Waals surface area (Å²) in [5, 5.41) is 13.2. The zero-order valence-corrected chi connectivity index (χ0v) is 16.9. The summed E-state index contributed by atoms with van der Waals surface area (Å²) in [5.41, 5.74) is 6.77. The number of nitrogens with two attached hydrogens (primary N) is 1. The molecule has 11 heteroatoms. The fourth-order valence-corrected chi connectivity index (χ4v) is 2.87. The molecule has 10 nitrogen and oxygen atoms in total. The van der Waals surface area contributed by atoms with Crippen LogP contribution in [0.1, 0.15) is 10.5 Å². The Morgan fingerprint density at radius 2 is 1.83 bits per heavy atom. The van der Waals surface area contributed by atoms with Crippen molar-refractivity contribution in [1.82, 2.24) is 15.0 Å². The van der Waals surface area contributed by atoms with Gasteiger partial charge in [-0.1, -0.05) is 28.9 Å². The fraction of sp³-hybridized carbons (Fsp3) is 0.158. The van der Waals surface area contributed by atoms with Crippen LogP contribution in [0.3, 0.4) is 0 Å². The van der Waals surface area contributed by atoms with Gasteiger partial charge in [-0.25, -0.2) is 4.68 Å². The van der Waals surface area contributed by atoms with E-state index in [4.69, 9.17) is 26.8 Å². The number of ether oxygens (including phenoxy) is 2. The summed E-state index contributed by atoms with van der Waals surface area (Å²) < 4.78 is 11.4. The molecule has 0 atom stereocenters. The molecule has 4 N–H and O–H groups in total. The number of nitrogens with zero attached hydrogens (tertiary/aromatic N) is 3. The van der Waals surface area contributed by atoms with Gasteiger partial charge in [-0.05, 0) is 30.3 Å². The lowest BCUT2D eigenvalue weighted by molar-refractivity contribution is -0.116. The summed E-state index contributed by atoms with van der Waals surface area (Å²) in [7, 11) is 2.98. The van der Waals surface area contributed by atoms with Crippen molar-refractivity contribution in [3.8, 4) is 11.5 Å². The first-order valence-corrected chi connectivity index (χ1v) is 9.07. The lowest BCUT2D eigenvalue weighted by atomic mass is 10.2. The van der Waals surface area contributed by atoms with E-state index in [0.29, 0.717) is 27.9 Å². The molecule has 156 valence electrons. The normalized spacial score (nSPS) is 10.4. The molecule has 2 amide bonds. The molecule has 1 aromatic heterocycles. The number of hydrogen-bond donors (Lipinski definition) is 3. The third-order valence-corrected chi connectivity index (χ3v) is 4.37. The Kier molecular flexibility index (Phi) is 6.38. The van der Waals surface area contributed by atoms with E-state index in [1.807, 2.05) is 0 Å². The summed E-state index contributed by atoms with van der Waals surface area (Å²) in [5.74, 6) is -0.0874. The van der Waals surface area contributed by atoms with Gasteiger partial charge in [-0.15, -0.1) is 5.10 Å². The van der Waals surface area contributed by atoms with E-state index < -0.39 is 11.8 Å². The van der Waals surface area contributed by atoms with Crippen molar-refractivity contribution >= 4 is 40.6 Å². The van der Waals surface area contributed by atoms with Crippen molar-refractivity contribution in [3.05, 3.63) is 53.2 Å². The molecule has 0 aliphatic rings. The topological polar surface area (TPSA) is 133 Å². The van der Waals surface area contributed by atoms with Crippen LogP contribution in [0.2, 0.25) is 5.02 Å².